The van der Waals surface area contributed by atoms with E-state index in [2.05, 4.69) is 15.8 Å². The lowest BCUT2D eigenvalue weighted by Crippen LogP contribution is -2.32. The summed E-state index contributed by atoms with van der Waals surface area (Å²) in [5.74, 6) is -2.19. The first-order valence-corrected chi connectivity index (χ1v) is 7.60. The van der Waals surface area contributed by atoms with Crippen molar-refractivity contribution < 1.29 is 19.8 Å². The van der Waals surface area contributed by atoms with Gasteiger partial charge in [0.1, 0.15) is 11.5 Å². The largest absolute Gasteiger partial charge is 0.508 e. The molecule has 0 aromatic heterocycles. The third-order valence-corrected chi connectivity index (χ3v) is 3.74. The quantitative estimate of drug-likeness (QED) is 0.382. The number of benzene rings is 2. The van der Waals surface area contributed by atoms with Crippen molar-refractivity contribution in [3.63, 3.8) is 0 Å². The highest BCUT2D eigenvalue weighted by Gasteiger charge is 2.14. The number of rotatable bonds is 3. The Labute approximate surface area is 148 Å². The van der Waals surface area contributed by atoms with Crippen LogP contribution in [0.25, 0.3) is 0 Å². The maximum Gasteiger partial charge on any atom is 0.329 e. The predicted octanol–water partition coefficient (Wildman–Crippen LogP) is 2.54. The van der Waals surface area contributed by atoms with Gasteiger partial charge in [-0.15, -0.1) is 0 Å². The van der Waals surface area contributed by atoms with Crippen molar-refractivity contribution in [3.05, 3.63) is 52.5 Å². The summed E-state index contributed by atoms with van der Waals surface area (Å²) >= 11 is 5.96. The van der Waals surface area contributed by atoms with Gasteiger partial charge in [0.05, 0.1) is 5.71 Å². The SMILES string of the molecule is C/C(=N\NC(=O)C(=O)Nc1ccc(C)c(Cl)c1)c1ccc(O)cc1O. The van der Waals surface area contributed by atoms with Crippen LogP contribution in [0.5, 0.6) is 11.5 Å². The molecule has 0 aliphatic rings. The predicted molar refractivity (Wildman–Crippen MR) is 94.9 cm³/mol. The zero-order valence-electron chi connectivity index (χ0n) is 13.5. The van der Waals surface area contributed by atoms with Crippen LogP contribution >= 0.6 is 11.6 Å². The summed E-state index contributed by atoms with van der Waals surface area (Å²) in [6.07, 6.45) is 0. The van der Waals surface area contributed by atoms with Gasteiger partial charge in [0.15, 0.2) is 0 Å². The molecule has 8 heteroatoms. The number of carbonyl (C=O) groups excluding carboxylic acids is 2. The van der Waals surface area contributed by atoms with Gasteiger partial charge in [-0.2, -0.15) is 5.10 Å². The van der Waals surface area contributed by atoms with E-state index in [9.17, 15) is 19.8 Å². The van der Waals surface area contributed by atoms with Gasteiger partial charge >= 0.3 is 11.8 Å². The Morgan fingerprint density at radius 3 is 2.44 bits per heavy atom. The van der Waals surface area contributed by atoms with E-state index in [1.54, 1.807) is 12.1 Å². The monoisotopic (exact) mass is 361 g/mol. The number of anilines is 1. The molecule has 2 aromatic rings. The zero-order chi connectivity index (χ0) is 18.6. The second kappa shape index (κ2) is 7.67. The Bertz CT molecular complexity index is 865. The van der Waals surface area contributed by atoms with Gasteiger partial charge in [-0.25, -0.2) is 5.43 Å². The smallest absolute Gasteiger partial charge is 0.329 e. The molecule has 0 aliphatic heterocycles. The first-order valence-electron chi connectivity index (χ1n) is 7.22. The summed E-state index contributed by atoms with van der Waals surface area (Å²) in [4.78, 5) is 23.7. The lowest BCUT2D eigenvalue weighted by atomic mass is 10.1. The zero-order valence-corrected chi connectivity index (χ0v) is 14.3. The summed E-state index contributed by atoms with van der Waals surface area (Å²) in [6, 6.07) is 8.81. The lowest BCUT2D eigenvalue weighted by molar-refractivity contribution is -0.136. The molecular weight excluding hydrogens is 346 g/mol. The van der Waals surface area contributed by atoms with Crippen LogP contribution in [0.1, 0.15) is 18.1 Å². The standard InChI is InChI=1S/C17H16ClN3O4/c1-9-3-4-11(7-14(9)18)19-16(24)17(25)21-20-10(2)13-6-5-12(22)8-15(13)23/h3-8,22-23H,1-2H3,(H,19,24)(H,21,25)/b20-10+. The number of amides is 2. The van der Waals surface area contributed by atoms with Gasteiger partial charge in [0.2, 0.25) is 0 Å². The number of hydrogen-bond acceptors (Lipinski definition) is 5. The molecule has 0 fully saturated rings. The molecule has 2 amide bonds. The minimum Gasteiger partial charge on any atom is -0.508 e. The van der Waals surface area contributed by atoms with Crippen molar-refractivity contribution in [2.75, 3.05) is 5.32 Å². The van der Waals surface area contributed by atoms with Gasteiger partial charge in [-0.1, -0.05) is 17.7 Å². The molecule has 2 rings (SSSR count). The Morgan fingerprint density at radius 1 is 1.08 bits per heavy atom. The van der Waals surface area contributed by atoms with Gasteiger partial charge in [-0.05, 0) is 43.7 Å². The number of halogens is 1. The fourth-order valence-corrected chi connectivity index (χ4v) is 2.11. The van der Waals surface area contributed by atoms with Crippen molar-refractivity contribution >= 4 is 34.8 Å². The third kappa shape index (κ3) is 4.71. The molecule has 0 unspecified atom stereocenters. The van der Waals surface area contributed by atoms with Crippen molar-refractivity contribution in [1.82, 2.24) is 5.43 Å². The molecule has 2 aromatic carbocycles. The number of nitrogens with zero attached hydrogens (tertiary/aromatic N) is 1. The van der Waals surface area contributed by atoms with Gasteiger partial charge in [0.25, 0.3) is 0 Å². The van der Waals surface area contributed by atoms with E-state index in [0.29, 0.717) is 16.3 Å². The lowest BCUT2D eigenvalue weighted by Gasteiger charge is -2.07. The molecule has 0 radical (unpaired) electrons. The average Bonchev–Trinajstić information content (AvgIpc) is 2.55. The molecule has 0 heterocycles. The number of nitrogens with one attached hydrogen (secondary N) is 2. The molecule has 130 valence electrons. The fourth-order valence-electron chi connectivity index (χ4n) is 1.93. The second-order valence-electron chi connectivity index (χ2n) is 5.26. The maximum atomic E-state index is 11.9. The molecule has 0 atom stereocenters. The normalized spacial score (nSPS) is 11.1. The molecule has 4 N–H and O–H groups in total. The van der Waals surface area contributed by atoms with E-state index in [1.165, 1.54) is 25.1 Å². The van der Waals surface area contributed by atoms with E-state index >= 15 is 0 Å². The molecule has 7 nitrogen and oxygen atoms in total. The van der Waals surface area contributed by atoms with Crippen LogP contribution in [-0.4, -0.2) is 27.7 Å². The number of hydrogen-bond donors (Lipinski definition) is 4. The molecule has 25 heavy (non-hydrogen) atoms. The third-order valence-electron chi connectivity index (χ3n) is 3.33. The topological polar surface area (TPSA) is 111 Å². The van der Waals surface area contributed by atoms with Crippen LogP contribution in [-0.2, 0) is 9.59 Å². The summed E-state index contributed by atoms with van der Waals surface area (Å²) in [7, 11) is 0. The first kappa shape index (κ1) is 18.3. The number of hydrazone groups is 1. The number of phenols is 2. The van der Waals surface area contributed by atoms with Crippen LogP contribution in [0.3, 0.4) is 0 Å². The molecular formula is C17H16ClN3O4. The minimum absolute atomic E-state index is 0.103. The Kier molecular flexibility index (Phi) is 5.61. The van der Waals surface area contributed by atoms with Crippen LogP contribution in [0.15, 0.2) is 41.5 Å². The summed E-state index contributed by atoms with van der Waals surface area (Å²) in [5.41, 5.74) is 3.90. The minimum atomic E-state index is -0.977. The van der Waals surface area contributed by atoms with Gasteiger partial charge in [0, 0.05) is 22.3 Å². The van der Waals surface area contributed by atoms with E-state index in [0.717, 1.165) is 11.6 Å². The first-order chi connectivity index (χ1) is 11.8. The summed E-state index contributed by atoms with van der Waals surface area (Å²) in [6.45, 7) is 3.35. The van der Waals surface area contributed by atoms with Crippen molar-refractivity contribution in [2.24, 2.45) is 5.10 Å². The number of phenolic OH excluding ortho intramolecular Hbond substituents is 2. The Hall–Kier alpha value is -3.06. The van der Waals surface area contributed by atoms with E-state index in [1.807, 2.05) is 6.92 Å². The molecule has 0 aliphatic carbocycles. The maximum absolute atomic E-state index is 11.9. The van der Waals surface area contributed by atoms with E-state index < -0.39 is 11.8 Å². The second-order valence-corrected chi connectivity index (χ2v) is 5.66. The highest BCUT2D eigenvalue weighted by molar-refractivity contribution is 6.40. The average molecular weight is 362 g/mol. The van der Waals surface area contributed by atoms with Gasteiger partial charge in [-0.3, -0.25) is 9.59 Å². The van der Waals surface area contributed by atoms with E-state index in [4.69, 9.17) is 11.6 Å². The van der Waals surface area contributed by atoms with Crippen LogP contribution in [0, 0.1) is 6.92 Å². The summed E-state index contributed by atoms with van der Waals surface area (Å²) in [5, 5.41) is 25.6. The highest BCUT2D eigenvalue weighted by atomic mass is 35.5. The van der Waals surface area contributed by atoms with Crippen LogP contribution < -0.4 is 10.7 Å². The van der Waals surface area contributed by atoms with Gasteiger partial charge < -0.3 is 15.5 Å². The number of carbonyl (C=O) groups is 2. The van der Waals surface area contributed by atoms with Crippen molar-refractivity contribution in [3.8, 4) is 11.5 Å². The Morgan fingerprint density at radius 2 is 1.80 bits per heavy atom. The van der Waals surface area contributed by atoms with Crippen LogP contribution in [0.4, 0.5) is 5.69 Å². The number of aromatic hydroxyl groups is 2. The van der Waals surface area contributed by atoms with Crippen molar-refractivity contribution in [2.45, 2.75) is 13.8 Å². The summed E-state index contributed by atoms with van der Waals surface area (Å²) < 4.78 is 0. The molecule has 0 bridgehead atoms. The Balaban J connectivity index is 2.02. The van der Waals surface area contributed by atoms with Crippen LogP contribution in [0.2, 0.25) is 5.02 Å². The van der Waals surface area contributed by atoms with E-state index in [-0.39, 0.29) is 17.2 Å². The highest BCUT2D eigenvalue weighted by Crippen LogP contribution is 2.23. The molecule has 0 saturated heterocycles. The number of aryl methyl sites for hydroxylation is 1. The fraction of sp³-hybridized carbons (Fsp3) is 0.118. The van der Waals surface area contributed by atoms with Crippen molar-refractivity contribution in [1.29, 1.82) is 0 Å². The molecule has 0 saturated carbocycles. The molecule has 0 spiro atoms.